The van der Waals surface area contributed by atoms with Gasteiger partial charge in [0.25, 0.3) is 0 Å². The second kappa shape index (κ2) is 5.95. The molecule has 1 aromatic carbocycles. The summed E-state index contributed by atoms with van der Waals surface area (Å²) in [5.74, 6) is 2.09. The first-order valence-corrected chi connectivity index (χ1v) is 8.66. The monoisotopic (exact) mass is 327 g/mol. The number of rotatable bonds is 4. The minimum atomic E-state index is -0.800. The summed E-state index contributed by atoms with van der Waals surface area (Å²) in [6.45, 7) is 9.54. The number of benzene rings is 1. The zero-order chi connectivity index (χ0) is 16.7. The van der Waals surface area contributed by atoms with Crippen molar-refractivity contribution in [2.75, 3.05) is 26.2 Å². The van der Waals surface area contributed by atoms with E-state index in [4.69, 9.17) is 0 Å². The van der Waals surface area contributed by atoms with Crippen molar-refractivity contribution in [3.63, 3.8) is 0 Å². The molecule has 1 aromatic heterocycles. The lowest BCUT2D eigenvalue weighted by molar-refractivity contribution is -0.0449. The maximum absolute atomic E-state index is 10.8. The van der Waals surface area contributed by atoms with Crippen molar-refractivity contribution in [3.05, 3.63) is 47.5 Å². The van der Waals surface area contributed by atoms with Gasteiger partial charge in [-0.1, -0.05) is 30.3 Å². The summed E-state index contributed by atoms with van der Waals surface area (Å²) in [7, 11) is 0. The quantitative estimate of drug-likeness (QED) is 0.908. The van der Waals surface area contributed by atoms with Crippen molar-refractivity contribution in [1.82, 2.24) is 24.6 Å². The van der Waals surface area contributed by atoms with Gasteiger partial charge in [0.2, 0.25) is 0 Å². The van der Waals surface area contributed by atoms with Gasteiger partial charge in [0.15, 0.2) is 0 Å². The fourth-order valence-corrected chi connectivity index (χ4v) is 3.86. The molecule has 1 fully saturated rings. The van der Waals surface area contributed by atoms with Gasteiger partial charge < -0.3 is 9.67 Å². The third-order valence-corrected chi connectivity index (χ3v) is 5.35. The molecule has 0 amide bonds. The van der Waals surface area contributed by atoms with E-state index in [0.717, 1.165) is 49.9 Å². The van der Waals surface area contributed by atoms with Crippen molar-refractivity contribution in [2.45, 2.75) is 38.6 Å². The molecule has 2 aliphatic rings. The van der Waals surface area contributed by atoms with E-state index in [1.165, 1.54) is 0 Å². The molecule has 24 heavy (non-hydrogen) atoms. The van der Waals surface area contributed by atoms with Crippen LogP contribution in [-0.2, 0) is 18.7 Å². The van der Waals surface area contributed by atoms with Gasteiger partial charge in [0, 0.05) is 38.8 Å². The van der Waals surface area contributed by atoms with Crippen LogP contribution in [-0.4, -0.2) is 61.9 Å². The lowest BCUT2D eigenvalue weighted by atomic mass is 9.93. The van der Waals surface area contributed by atoms with E-state index in [9.17, 15) is 5.11 Å². The van der Waals surface area contributed by atoms with Gasteiger partial charge in [0.05, 0.1) is 12.1 Å². The molecule has 0 saturated carbocycles. The number of β-amino-alcohol motifs (C(OH)–C–C–N with tert-alkyl or cyclic N) is 1. The lowest BCUT2D eigenvalue weighted by Crippen LogP contribution is -2.62. The molecule has 3 heterocycles. The molecule has 0 bridgehead atoms. The van der Waals surface area contributed by atoms with E-state index in [1.807, 2.05) is 44.2 Å². The number of hydrogen-bond acceptors (Lipinski definition) is 5. The molecule has 6 heteroatoms. The smallest absolute Gasteiger partial charge is 0.147 e. The Hall–Kier alpha value is -1.76. The summed E-state index contributed by atoms with van der Waals surface area (Å²) in [4.78, 5) is 4.83. The number of likely N-dealkylation sites (tertiary alicyclic amines) is 1. The normalized spacial score (nSPS) is 22.0. The van der Waals surface area contributed by atoms with Crippen LogP contribution in [0.4, 0.5) is 0 Å². The minimum Gasteiger partial charge on any atom is -0.384 e. The Bertz CT molecular complexity index is 705. The summed E-state index contributed by atoms with van der Waals surface area (Å²) in [6, 6.07) is 10.5. The fourth-order valence-electron chi connectivity index (χ4n) is 3.86. The Morgan fingerprint density at radius 1 is 1.17 bits per heavy atom. The predicted octanol–water partition coefficient (Wildman–Crippen LogP) is 0.994. The zero-order valence-corrected chi connectivity index (χ0v) is 14.4. The van der Waals surface area contributed by atoms with Crippen molar-refractivity contribution in [1.29, 1.82) is 0 Å². The van der Waals surface area contributed by atoms with Crippen LogP contribution in [0.5, 0.6) is 0 Å². The van der Waals surface area contributed by atoms with Crippen molar-refractivity contribution < 1.29 is 5.11 Å². The average molecular weight is 327 g/mol. The van der Waals surface area contributed by atoms with Crippen LogP contribution in [0.3, 0.4) is 0 Å². The van der Waals surface area contributed by atoms with E-state index in [0.29, 0.717) is 12.6 Å². The maximum Gasteiger partial charge on any atom is 0.147 e. The Kier molecular flexibility index (Phi) is 3.90. The van der Waals surface area contributed by atoms with Gasteiger partial charge >= 0.3 is 0 Å². The number of nitrogens with zero attached hydrogens (tertiary/aromatic N) is 5. The second-order valence-corrected chi connectivity index (χ2v) is 7.27. The Labute approximate surface area is 142 Å². The van der Waals surface area contributed by atoms with Gasteiger partial charge in [-0.15, -0.1) is 10.2 Å². The van der Waals surface area contributed by atoms with Crippen LogP contribution in [0.15, 0.2) is 30.3 Å². The van der Waals surface area contributed by atoms with Crippen LogP contribution in [0.25, 0.3) is 0 Å². The van der Waals surface area contributed by atoms with Crippen molar-refractivity contribution >= 4 is 0 Å². The van der Waals surface area contributed by atoms with Gasteiger partial charge in [-0.05, 0) is 19.4 Å². The summed E-state index contributed by atoms with van der Waals surface area (Å²) < 4.78 is 2.22. The predicted molar refractivity (Wildman–Crippen MR) is 91.4 cm³/mol. The molecule has 6 nitrogen and oxygen atoms in total. The molecule has 1 unspecified atom stereocenters. The lowest BCUT2D eigenvalue weighted by Gasteiger charge is -2.48. The topological polar surface area (TPSA) is 57.4 Å². The van der Waals surface area contributed by atoms with Crippen LogP contribution < -0.4 is 0 Å². The summed E-state index contributed by atoms with van der Waals surface area (Å²) >= 11 is 0. The first-order valence-electron chi connectivity index (χ1n) is 8.66. The molecule has 1 atom stereocenters. The van der Waals surface area contributed by atoms with Crippen LogP contribution >= 0.6 is 0 Å². The van der Waals surface area contributed by atoms with E-state index in [-0.39, 0.29) is 0 Å². The SMILES string of the molecule is Cc1nnc2n1CCN(C1CN(CC(C)(O)c3ccccc3)C1)C2. The van der Waals surface area contributed by atoms with Gasteiger partial charge in [-0.3, -0.25) is 9.80 Å². The highest BCUT2D eigenvalue weighted by Gasteiger charge is 2.37. The van der Waals surface area contributed by atoms with Gasteiger partial charge in [-0.25, -0.2) is 0 Å². The molecule has 2 aliphatic heterocycles. The first-order chi connectivity index (χ1) is 11.5. The molecule has 1 N–H and O–H groups in total. The van der Waals surface area contributed by atoms with E-state index in [1.54, 1.807) is 0 Å². The average Bonchev–Trinajstić information content (AvgIpc) is 2.92. The summed E-state index contributed by atoms with van der Waals surface area (Å²) in [6.07, 6.45) is 0. The number of aliphatic hydroxyl groups is 1. The number of hydrogen-bond donors (Lipinski definition) is 1. The molecule has 128 valence electrons. The second-order valence-electron chi connectivity index (χ2n) is 7.27. The van der Waals surface area contributed by atoms with Crippen LogP contribution in [0, 0.1) is 6.92 Å². The Morgan fingerprint density at radius 2 is 1.92 bits per heavy atom. The minimum absolute atomic E-state index is 0.558. The van der Waals surface area contributed by atoms with E-state index >= 15 is 0 Å². The van der Waals surface area contributed by atoms with Crippen LogP contribution in [0.2, 0.25) is 0 Å². The molecular weight excluding hydrogens is 302 g/mol. The fraction of sp³-hybridized carbons (Fsp3) is 0.556. The number of aryl methyl sites for hydroxylation is 1. The largest absolute Gasteiger partial charge is 0.384 e. The molecule has 2 aromatic rings. The third-order valence-electron chi connectivity index (χ3n) is 5.35. The van der Waals surface area contributed by atoms with Gasteiger partial charge in [0.1, 0.15) is 11.6 Å². The summed E-state index contributed by atoms with van der Waals surface area (Å²) in [5, 5.41) is 19.2. The third kappa shape index (κ3) is 2.85. The molecule has 0 spiro atoms. The van der Waals surface area contributed by atoms with E-state index < -0.39 is 5.60 Å². The Morgan fingerprint density at radius 3 is 2.67 bits per heavy atom. The number of aromatic nitrogens is 3. The van der Waals surface area contributed by atoms with Crippen molar-refractivity contribution in [3.8, 4) is 0 Å². The molecule has 4 rings (SSSR count). The van der Waals surface area contributed by atoms with E-state index in [2.05, 4.69) is 24.6 Å². The van der Waals surface area contributed by atoms with Gasteiger partial charge in [-0.2, -0.15) is 0 Å². The summed E-state index contributed by atoms with van der Waals surface area (Å²) in [5.41, 5.74) is 0.181. The highest BCUT2D eigenvalue weighted by Crippen LogP contribution is 2.26. The molecule has 0 aliphatic carbocycles. The van der Waals surface area contributed by atoms with Crippen molar-refractivity contribution in [2.24, 2.45) is 0 Å². The first kappa shape index (κ1) is 15.7. The molecular formula is C18H25N5O. The Balaban J connectivity index is 1.33. The van der Waals surface area contributed by atoms with Crippen LogP contribution in [0.1, 0.15) is 24.1 Å². The molecule has 1 saturated heterocycles. The zero-order valence-electron chi connectivity index (χ0n) is 14.4. The standard InChI is InChI=1S/C18H25N5O/c1-14-19-20-17-12-22(8-9-23(14)17)16-10-21(11-16)13-18(2,24)15-6-4-3-5-7-15/h3-7,16,24H,8-13H2,1-2H3. The molecule has 0 radical (unpaired) electrons. The number of fused-ring (bicyclic) bond motifs is 1. The highest BCUT2D eigenvalue weighted by atomic mass is 16.3. The maximum atomic E-state index is 10.8. The highest BCUT2D eigenvalue weighted by molar-refractivity contribution is 5.22.